The molecule has 0 aromatic carbocycles. The standard InChI is InChI=1S/C11H16O6/c1-5-6-14-9(12)7-8(17-16-7)10(13)15-11(2,3)4/h5-6H2,1-4H3. The fourth-order valence-electron chi connectivity index (χ4n) is 0.963. The van der Waals surface area contributed by atoms with Crippen LogP contribution in [-0.4, -0.2) is 24.1 Å². The molecule has 0 aliphatic carbocycles. The summed E-state index contributed by atoms with van der Waals surface area (Å²) in [5.74, 6) is -1.96. The van der Waals surface area contributed by atoms with E-state index in [0.29, 0.717) is 6.42 Å². The highest BCUT2D eigenvalue weighted by molar-refractivity contribution is 5.99. The molecule has 96 valence electrons. The Morgan fingerprint density at radius 2 is 1.65 bits per heavy atom. The van der Waals surface area contributed by atoms with Gasteiger partial charge < -0.3 is 9.47 Å². The Labute approximate surface area is 98.8 Å². The Bertz CT molecular complexity index is 392. The van der Waals surface area contributed by atoms with Gasteiger partial charge in [0.1, 0.15) is 5.60 Å². The number of carbonyl (C=O) groups excluding carboxylic acids is 2. The average Bonchev–Trinajstić information content (AvgIpc) is 2.09. The molecule has 0 aliphatic rings. The van der Waals surface area contributed by atoms with Gasteiger partial charge in [0.2, 0.25) is 0 Å². The molecule has 1 aromatic heterocycles. The molecule has 0 aliphatic heterocycles. The zero-order valence-electron chi connectivity index (χ0n) is 10.4. The normalized spacial score (nSPS) is 11.3. The summed E-state index contributed by atoms with van der Waals surface area (Å²) in [5.41, 5.74) is -0.665. The number of hydrogen-bond donors (Lipinski definition) is 0. The molecule has 0 saturated heterocycles. The molecule has 6 nitrogen and oxygen atoms in total. The molecule has 6 heteroatoms. The third kappa shape index (κ3) is 3.65. The predicted octanol–water partition coefficient (Wildman–Crippen LogP) is 2.39. The summed E-state index contributed by atoms with van der Waals surface area (Å²) in [5, 5.41) is 0. The minimum absolute atomic E-state index is 0.243. The Hall–Kier alpha value is -1.72. The average molecular weight is 244 g/mol. The van der Waals surface area contributed by atoms with Crippen LogP contribution in [0.2, 0.25) is 0 Å². The van der Waals surface area contributed by atoms with Gasteiger partial charge in [0.15, 0.2) is 0 Å². The molecule has 0 spiro atoms. The molecule has 0 amide bonds. The van der Waals surface area contributed by atoms with E-state index in [1.165, 1.54) is 0 Å². The molecule has 0 N–H and O–H groups in total. The van der Waals surface area contributed by atoms with Crippen molar-refractivity contribution in [2.24, 2.45) is 0 Å². The summed E-state index contributed by atoms with van der Waals surface area (Å²) in [6.07, 6.45) is 0.682. The van der Waals surface area contributed by atoms with E-state index in [-0.39, 0.29) is 18.1 Å². The minimum atomic E-state index is -0.743. The van der Waals surface area contributed by atoms with E-state index in [9.17, 15) is 9.59 Å². The first-order valence-electron chi connectivity index (χ1n) is 5.34. The third-order valence-corrected chi connectivity index (χ3v) is 1.62. The van der Waals surface area contributed by atoms with Crippen LogP contribution in [-0.2, 0) is 9.47 Å². The molecule has 0 fully saturated rings. The van der Waals surface area contributed by atoms with Gasteiger partial charge in [-0.2, -0.15) is 0 Å². The molecule has 0 radical (unpaired) electrons. The monoisotopic (exact) mass is 244 g/mol. The second kappa shape index (κ2) is 5.07. The van der Waals surface area contributed by atoms with Crippen LogP contribution in [0.1, 0.15) is 55.2 Å². The smallest absolute Gasteiger partial charge is 0.384 e. The van der Waals surface area contributed by atoms with Gasteiger partial charge in [0.05, 0.1) is 6.61 Å². The SMILES string of the molecule is CCCOC(=O)c1ooc1C(=O)OC(C)(C)C. The molecule has 17 heavy (non-hydrogen) atoms. The summed E-state index contributed by atoms with van der Waals surface area (Å²) in [6.45, 7) is 7.24. The Morgan fingerprint density at radius 3 is 2.06 bits per heavy atom. The van der Waals surface area contributed by atoms with Crippen LogP contribution in [0.15, 0.2) is 9.15 Å². The first-order chi connectivity index (χ1) is 7.85. The maximum absolute atomic E-state index is 11.5. The highest BCUT2D eigenvalue weighted by Crippen LogP contribution is 2.19. The van der Waals surface area contributed by atoms with E-state index in [1.54, 1.807) is 20.8 Å². The van der Waals surface area contributed by atoms with Crippen molar-refractivity contribution in [2.45, 2.75) is 39.7 Å². The fraction of sp³-hybridized carbons (Fsp3) is 0.636. The van der Waals surface area contributed by atoms with E-state index in [0.717, 1.165) is 0 Å². The van der Waals surface area contributed by atoms with E-state index >= 15 is 0 Å². The molecule has 0 unspecified atom stereocenters. The summed E-state index contributed by atoms with van der Waals surface area (Å²) in [6, 6.07) is 0. The van der Waals surface area contributed by atoms with Crippen molar-refractivity contribution < 1.29 is 28.2 Å². The lowest BCUT2D eigenvalue weighted by molar-refractivity contribution is -0.0539. The fourth-order valence-corrected chi connectivity index (χ4v) is 0.963. The number of carbonyl (C=O) groups is 2. The zero-order chi connectivity index (χ0) is 13.1. The number of hydrogen-bond acceptors (Lipinski definition) is 6. The second-order valence-electron chi connectivity index (χ2n) is 4.46. The van der Waals surface area contributed by atoms with Crippen LogP contribution >= 0.6 is 0 Å². The lowest BCUT2D eigenvalue weighted by Gasteiger charge is -2.19. The molecule has 1 heterocycles. The molecule has 1 aromatic rings. The topological polar surface area (TPSA) is 78.9 Å². The van der Waals surface area contributed by atoms with Crippen molar-refractivity contribution in [3.8, 4) is 0 Å². The lowest BCUT2D eigenvalue weighted by atomic mass is 10.2. The van der Waals surface area contributed by atoms with E-state index in [2.05, 4.69) is 9.15 Å². The van der Waals surface area contributed by atoms with Gasteiger partial charge in [0, 0.05) is 0 Å². The van der Waals surface area contributed by atoms with Crippen molar-refractivity contribution in [3.05, 3.63) is 11.5 Å². The third-order valence-electron chi connectivity index (χ3n) is 1.62. The van der Waals surface area contributed by atoms with Crippen molar-refractivity contribution in [3.63, 3.8) is 0 Å². The Kier molecular flexibility index (Phi) is 3.98. The molecular weight excluding hydrogens is 228 g/mol. The Morgan fingerprint density at radius 1 is 1.12 bits per heavy atom. The van der Waals surface area contributed by atoms with Crippen LogP contribution in [0.4, 0.5) is 0 Å². The van der Waals surface area contributed by atoms with Gasteiger partial charge in [-0.15, -0.1) is 0 Å². The van der Waals surface area contributed by atoms with Gasteiger partial charge in [0.25, 0.3) is 0 Å². The number of rotatable bonds is 4. The number of esters is 2. The first-order valence-corrected chi connectivity index (χ1v) is 5.34. The van der Waals surface area contributed by atoms with Crippen molar-refractivity contribution in [2.75, 3.05) is 6.61 Å². The molecule has 0 atom stereocenters. The van der Waals surface area contributed by atoms with Gasteiger partial charge in [-0.1, -0.05) is 6.92 Å². The lowest BCUT2D eigenvalue weighted by Crippen LogP contribution is -2.26. The molecular formula is C11H16O6. The van der Waals surface area contributed by atoms with Crippen LogP contribution in [0, 0.1) is 0 Å². The first kappa shape index (κ1) is 13.3. The van der Waals surface area contributed by atoms with Crippen LogP contribution < -0.4 is 0 Å². The van der Waals surface area contributed by atoms with Crippen LogP contribution in [0.5, 0.6) is 0 Å². The largest absolute Gasteiger partial charge is 0.460 e. The summed E-state index contributed by atoms with van der Waals surface area (Å²) < 4.78 is 18.7. The zero-order valence-corrected chi connectivity index (χ0v) is 10.4. The second-order valence-corrected chi connectivity index (χ2v) is 4.46. The molecule has 0 bridgehead atoms. The summed E-state index contributed by atoms with van der Waals surface area (Å²) in [7, 11) is 0. The van der Waals surface area contributed by atoms with Gasteiger partial charge in [-0.3, -0.25) is 9.15 Å². The molecule has 1 rings (SSSR count). The van der Waals surface area contributed by atoms with Crippen LogP contribution in [0.3, 0.4) is 0 Å². The number of ether oxygens (including phenoxy) is 2. The van der Waals surface area contributed by atoms with Crippen molar-refractivity contribution in [1.29, 1.82) is 0 Å². The predicted molar refractivity (Wildman–Crippen MR) is 56.7 cm³/mol. The maximum Gasteiger partial charge on any atom is 0.384 e. The summed E-state index contributed by atoms with van der Waals surface area (Å²) >= 11 is 0. The van der Waals surface area contributed by atoms with Gasteiger partial charge >= 0.3 is 23.5 Å². The van der Waals surface area contributed by atoms with E-state index < -0.39 is 17.5 Å². The van der Waals surface area contributed by atoms with Crippen molar-refractivity contribution in [1.82, 2.24) is 0 Å². The van der Waals surface area contributed by atoms with E-state index in [1.807, 2.05) is 6.92 Å². The van der Waals surface area contributed by atoms with Crippen molar-refractivity contribution >= 4 is 11.9 Å². The van der Waals surface area contributed by atoms with E-state index in [4.69, 9.17) is 9.47 Å². The highest BCUT2D eigenvalue weighted by Gasteiger charge is 2.33. The van der Waals surface area contributed by atoms with Crippen LogP contribution in [0.25, 0.3) is 0 Å². The maximum atomic E-state index is 11.5. The minimum Gasteiger partial charge on any atom is -0.460 e. The molecule has 0 saturated carbocycles. The van der Waals surface area contributed by atoms with Gasteiger partial charge in [-0.05, 0) is 27.2 Å². The Balaban J connectivity index is 2.64. The quantitative estimate of drug-likeness (QED) is 0.597. The summed E-state index contributed by atoms with van der Waals surface area (Å²) in [4.78, 5) is 22.9. The highest BCUT2D eigenvalue weighted by atomic mass is 17.0. The van der Waals surface area contributed by atoms with Gasteiger partial charge in [-0.25, -0.2) is 9.59 Å².